The Morgan fingerprint density at radius 2 is 2.06 bits per heavy atom. The molecular formula is C13H17ClN2. The number of aromatic nitrogens is 1. The lowest BCUT2D eigenvalue weighted by Crippen LogP contribution is -2.10. The van der Waals surface area contributed by atoms with Crippen LogP contribution in [0.1, 0.15) is 25.6 Å². The van der Waals surface area contributed by atoms with Crippen molar-refractivity contribution in [3.05, 3.63) is 35.0 Å². The summed E-state index contributed by atoms with van der Waals surface area (Å²) in [7, 11) is 0. The lowest BCUT2D eigenvalue weighted by molar-refractivity contribution is 0.594. The summed E-state index contributed by atoms with van der Waals surface area (Å²) >= 11 is 6.00. The SMILES string of the molecule is CC(C)n1c(CCN)cc2cc(Cl)ccc21. The minimum Gasteiger partial charge on any atom is -0.342 e. The second kappa shape index (κ2) is 4.48. The summed E-state index contributed by atoms with van der Waals surface area (Å²) in [6.07, 6.45) is 0.907. The highest BCUT2D eigenvalue weighted by Gasteiger charge is 2.10. The van der Waals surface area contributed by atoms with Gasteiger partial charge in [-0.05, 0) is 51.1 Å². The van der Waals surface area contributed by atoms with E-state index in [0.717, 1.165) is 11.4 Å². The summed E-state index contributed by atoms with van der Waals surface area (Å²) < 4.78 is 2.33. The third-order valence-corrected chi connectivity index (χ3v) is 3.03. The molecule has 1 aromatic heterocycles. The smallest absolute Gasteiger partial charge is 0.0485 e. The number of halogens is 1. The topological polar surface area (TPSA) is 30.9 Å². The van der Waals surface area contributed by atoms with Gasteiger partial charge < -0.3 is 10.3 Å². The highest BCUT2D eigenvalue weighted by atomic mass is 35.5. The monoisotopic (exact) mass is 236 g/mol. The Balaban J connectivity index is 2.65. The Morgan fingerprint density at radius 3 is 2.69 bits per heavy atom. The molecule has 0 aliphatic rings. The van der Waals surface area contributed by atoms with Gasteiger partial charge in [0, 0.05) is 27.7 Å². The zero-order chi connectivity index (χ0) is 11.7. The Bertz CT molecular complexity index is 500. The van der Waals surface area contributed by atoms with Gasteiger partial charge in [-0.2, -0.15) is 0 Å². The molecule has 0 atom stereocenters. The van der Waals surface area contributed by atoms with Gasteiger partial charge in [0.05, 0.1) is 0 Å². The lowest BCUT2D eigenvalue weighted by Gasteiger charge is -2.14. The maximum Gasteiger partial charge on any atom is 0.0485 e. The van der Waals surface area contributed by atoms with Gasteiger partial charge in [0.15, 0.2) is 0 Å². The van der Waals surface area contributed by atoms with Crippen molar-refractivity contribution < 1.29 is 0 Å². The Morgan fingerprint density at radius 1 is 1.31 bits per heavy atom. The molecule has 0 amide bonds. The van der Waals surface area contributed by atoms with E-state index in [0.29, 0.717) is 12.6 Å². The van der Waals surface area contributed by atoms with Gasteiger partial charge in [-0.3, -0.25) is 0 Å². The van der Waals surface area contributed by atoms with Crippen molar-refractivity contribution in [2.75, 3.05) is 6.54 Å². The number of hydrogen-bond acceptors (Lipinski definition) is 1. The fourth-order valence-electron chi connectivity index (χ4n) is 2.21. The molecule has 0 bridgehead atoms. The van der Waals surface area contributed by atoms with Crippen LogP contribution in [-0.2, 0) is 6.42 Å². The van der Waals surface area contributed by atoms with Crippen LogP contribution in [0.3, 0.4) is 0 Å². The molecule has 16 heavy (non-hydrogen) atoms. The van der Waals surface area contributed by atoms with Gasteiger partial charge in [-0.15, -0.1) is 0 Å². The number of hydrogen-bond donors (Lipinski definition) is 1. The zero-order valence-corrected chi connectivity index (χ0v) is 10.5. The molecule has 2 rings (SSSR count). The van der Waals surface area contributed by atoms with Gasteiger partial charge >= 0.3 is 0 Å². The predicted molar refractivity (Wildman–Crippen MR) is 70.1 cm³/mol. The van der Waals surface area contributed by atoms with Crippen LogP contribution in [-0.4, -0.2) is 11.1 Å². The average Bonchev–Trinajstić information content (AvgIpc) is 2.55. The van der Waals surface area contributed by atoms with E-state index in [9.17, 15) is 0 Å². The molecule has 3 heteroatoms. The summed E-state index contributed by atoms with van der Waals surface area (Å²) in [5.74, 6) is 0. The molecule has 2 nitrogen and oxygen atoms in total. The Hall–Kier alpha value is -0.990. The van der Waals surface area contributed by atoms with Crippen LogP contribution in [0.15, 0.2) is 24.3 Å². The van der Waals surface area contributed by atoms with E-state index >= 15 is 0 Å². The van der Waals surface area contributed by atoms with Gasteiger partial charge in [0.2, 0.25) is 0 Å². The molecule has 0 spiro atoms. The van der Waals surface area contributed by atoms with Gasteiger partial charge in [-0.25, -0.2) is 0 Å². The first-order valence-corrected chi connectivity index (χ1v) is 6.00. The number of rotatable bonds is 3. The van der Waals surface area contributed by atoms with Crippen LogP contribution in [0.5, 0.6) is 0 Å². The fraction of sp³-hybridized carbons (Fsp3) is 0.385. The summed E-state index contributed by atoms with van der Waals surface area (Å²) in [5, 5.41) is 1.98. The number of fused-ring (bicyclic) bond motifs is 1. The van der Waals surface area contributed by atoms with Crippen LogP contribution in [0, 0.1) is 0 Å². The number of nitrogens with zero attached hydrogens (tertiary/aromatic N) is 1. The predicted octanol–water partition coefficient (Wildman–Crippen LogP) is 3.38. The molecule has 0 unspecified atom stereocenters. The minimum absolute atomic E-state index is 0.445. The highest BCUT2D eigenvalue weighted by molar-refractivity contribution is 6.31. The maximum absolute atomic E-state index is 6.00. The van der Waals surface area contributed by atoms with Gasteiger partial charge in [-0.1, -0.05) is 11.6 Å². The van der Waals surface area contributed by atoms with Crippen LogP contribution in [0.4, 0.5) is 0 Å². The van der Waals surface area contributed by atoms with Gasteiger partial charge in [0.1, 0.15) is 0 Å². The molecule has 0 radical (unpaired) electrons. The van der Waals surface area contributed by atoms with Crippen molar-refractivity contribution in [3.8, 4) is 0 Å². The average molecular weight is 237 g/mol. The third kappa shape index (κ3) is 1.95. The van der Waals surface area contributed by atoms with Crippen LogP contribution >= 0.6 is 11.6 Å². The van der Waals surface area contributed by atoms with E-state index in [1.807, 2.05) is 12.1 Å². The molecule has 2 aromatic rings. The molecule has 2 N–H and O–H groups in total. The summed E-state index contributed by atoms with van der Waals surface area (Å²) in [6, 6.07) is 8.66. The third-order valence-electron chi connectivity index (χ3n) is 2.80. The molecule has 0 aliphatic carbocycles. The highest BCUT2D eigenvalue weighted by Crippen LogP contribution is 2.26. The van der Waals surface area contributed by atoms with E-state index in [-0.39, 0.29) is 0 Å². The normalized spacial score (nSPS) is 11.6. The quantitative estimate of drug-likeness (QED) is 0.870. The molecule has 1 aromatic carbocycles. The Labute approximate surface area is 101 Å². The van der Waals surface area contributed by atoms with Crippen molar-refractivity contribution in [2.45, 2.75) is 26.3 Å². The van der Waals surface area contributed by atoms with Crippen LogP contribution in [0.2, 0.25) is 5.02 Å². The van der Waals surface area contributed by atoms with Crippen molar-refractivity contribution in [2.24, 2.45) is 5.73 Å². The van der Waals surface area contributed by atoms with Crippen LogP contribution in [0.25, 0.3) is 10.9 Å². The van der Waals surface area contributed by atoms with E-state index in [2.05, 4.69) is 30.5 Å². The Kier molecular flexibility index (Phi) is 3.22. The van der Waals surface area contributed by atoms with E-state index < -0.39 is 0 Å². The van der Waals surface area contributed by atoms with E-state index in [4.69, 9.17) is 17.3 Å². The molecule has 0 saturated heterocycles. The van der Waals surface area contributed by atoms with Crippen molar-refractivity contribution in [1.29, 1.82) is 0 Å². The van der Waals surface area contributed by atoms with Crippen molar-refractivity contribution in [3.63, 3.8) is 0 Å². The molecule has 0 aliphatic heterocycles. The standard InChI is InChI=1S/C13H17ClN2/c1-9(2)16-12(5-6-15)8-10-7-11(14)3-4-13(10)16/h3-4,7-9H,5-6,15H2,1-2H3. The van der Waals surface area contributed by atoms with Crippen molar-refractivity contribution >= 4 is 22.5 Å². The maximum atomic E-state index is 6.00. The lowest BCUT2D eigenvalue weighted by atomic mass is 10.2. The first kappa shape index (κ1) is 11.5. The van der Waals surface area contributed by atoms with Crippen LogP contribution < -0.4 is 5.73 Å². The first-order chi connectivity index (χ1) is 7.63. The van der Waals surface area contributed by atoms with Gasteiger partial charge in [0.25, 0.3) is 0 Å². The van der Waals surface area contributed by atoms with E-state index in [1.165, 1.54) is 16.6 Å². The molecule has 86 valence electrons. The summed E-state index contributed by atoms with van der Waals surface area (Å²) in [6.45, 7) is 5.05. The number of benzene rings is 1. The van der Waals surface area contributed by atoms with E-state index in [1.54, 1.807) is 0 Å². The molecule has 1 heterocycles. The summed E-state index contributed by atoms with van der Waals surface area (Å²) in [4.78, 5) is 0. The molecular weight excluding hydrogens is 220 g/mol. The van der Waals surface area contributed by atoms with Crippen molar-refractivity contribution in [1.82, 2.24) is 4.57 Å². The number of nitrogens with two attached hydrogens (primary N) is 1. The second-order valence-corrected chi connectivity index (χ2v) is 4.78. The molecule has 0 fully saturated rings. The minimum atomic E-state index is 0.445. The first-order valence-electron chi connectivity index (χ1n) is 5.63. The fourth-order valence-corrected chi connectivity index (χ4v) is 2.39. The largest absolute Gasteiger partial charge is 0.342 e. The summed E-state index contributed by atoms with van der Waals surface area (Å²) in [5.41, 5.74) is 8.17. The zero-order valence-electron chi connectivity index (χ0n) is 9.70. The second-order valence-electron chi connectivity index (χ2n) is 4.34. The molecule has 0 saturated carbocycles.